The molecule has 0 amide bonds. The van der Waals surface area contributed by atoms with E-state index in [4.69, 9.17) is 10.7 Å². The van der Waals surface area contributed by atoms with Crippen LogP contribution in [0.2, 0.25) is 0 Å². The number of imidazole rings is 1. The zero-order valence-electron chi connectivity index (χ0n) is 12.3. The summed E-state index contributed by atoms with van der Waals surface area (Å²) in [7, 11) is 4.13. The fourth-order valence-corrected chi connectivity index (χ4v) is 2.41. The topological polar surface area (TPSA) is 47.1 Å². The lowest BCUT2D eigenvalue weighted by molar-refractivity contribution is 0.374. The van der Waals surface area contributed by atoms with Crippen LogP contribution in [-0.4, -0.2) is 35.1 Å². The van der Waals surface area contributed by atoms with E-state index < -0.39 is 0 Å². The van der Waals surface area contributed by atoms with Gasteiger partial charge >= 0.3 is 0 Å². The van der Waals surface area contributed by atoms with Gasteiger partial charge in [0.25, 0.3) is 0 Å². The molecule has 1 aromatic carbocycles. The van der Waals surface area contributed by atoms with Crippen LogP contribution in [0.4, 0.5) is 0 Å². The van der Waals surface area contributed by atoms with E-state index in [0.717, 1.165) is 24.3 Å². The highest BCUT2D eigenvalue weighted by atomic mass is 15.2. The van der Waals surface area contributed by atoms with Gasteiger partial charge in [-0.2, -0.15) is 0 Å². The Kier molecular flexibility index (Phi) is 4.22. The van der Waals surface area contributed by atoms with Crippen molar-refractivity contribution in [1.82, 2.24) is 14.5 Å². The Hall–Kier alpha value is -1.39. The van der Waals surface area contributed by atoms with Crippen molar-refractivity contribution < 1.29 is 0 Å². The summed E-state index contributed by atoms with van der Waals surface area (Å²) in [5, 5.41) is 0. The zero-order valence-corrected chi connectivity index (χ0v) is 12.3. The maximum absolute atomic E-state index is 5.85. The number of nitrogens with two attached hydrogens (primary N) is 1. The molecule has 0 saturated heterocycles. The number of benzene rings is 1. The third kappa shape index (κ3) is 2.80. The Balaban J connectivity index is 2.58. The molecular weight excluding hydrogens is 236 g/mol. The van der Waals surface area contributed by atoms with Crippen LogP contribution in [-0.2, 0) is 13.0 Å². The van der Waals surface area contributed by atoms with E-state index in [9.17, 15) is 0 Å². The monoisotopic (exact) mass is 260 g/mol. The summed E-state index contributed by atoms with van der Waals surface area (Å²) in [4.78, 5) is 6.94. The van der Waals surface area contributed by atoms with Gasteiger partial charge in [0.2, 0.25) is 0 Å². The van der Waals surface area contributed by atoms with Gasteiger partial charge in [-0.3, -0.25) is 0 Å². The molecule has 19 heavy (non-hydrogen) atoms. The van der Waals surface area contributed by atoms with E-state index in [1.165, 1.54) is 11.1 Å². The van der Waals surface area contributed by atoms with Gasteiger partial charge in [0.15, 0.2) is 0 Å². The molecule has 0 spiro atoms. The quantitative estimate of drug-likeness (QED) is 0.896. The molecule has 0 aliphatic rings. The number of aromatic nitrogens is 2. The summed E-state index contributed by atoms with van der Waals surface area (Å²) >= 11 is 0. The predicted molar refractivity (Wildman–Crippen MR) is 80.3 cm³/mol. The Labute approximate surface area is 115 Å². The molecule has 0 aliphatic carbocycles. The summed E-state index contributed by atoms with van der Waals surface area (Å²) < 4.78 is 2.27. The number of hydrogen-bond acceptors (Lipinski definition) is 3. The van der Waals surface area contributed by atoms with Gasteiger partial charge < -0.3 is 15.2 Å². The van der Waals surface area contributed by atoms with Gasteiger partial charge in [-0.1, -0.05) is 13.0 Å². The van der Waals surface area contributed by atoms with Crippen LogP contribution in [0.15, 0.2) is 18.2 Å². The number of fused-ring (bicyclic) bond motifs is 1. The third-order valence-corrected chi connectivity index (χ3v) is 3.47. The SMILES string of the molecule is CCc1ccc2c(c1)nc(CN(C)C)n2C(C)CN. The molecular formula is C15H24N4. The lowest BCUT2D eigenvalue weighted by Crippen LogP contribution is -2.21. The lowest BCUT2D eigenvalue weighted by atomic mass is 10.1. The van der Waals surface area contributed by atoms with Crippen molar-refractivity contribution in [2.45, 2.75) is 32.9 Å². The largest absolute Gasteiger partial charge is 0.328 e. The third-order valence-electron chi connectivity index (χ3n) is 3.47. The molecule has 4 nitrogen and oxygen atoms in total. The van der Waals surface area contributed by atoms with Crippen LogP contribution in [0.5, 0.6) is 0 Å². The van der Waals surface area contributed by atoms with E-state index >= 15 is 0 Å². The maximum Gasteiger partial charge on any atom is 0.124 e. The molecule has 1 unspecified atom stereocenters. The van der Waals surface area contributed by atoms with Gasteiger partial charge in [0.1, 0.15) is 5.82 Å². The maximum atomic E-state index is 5.85. The molecule has 104 valence electrons. The van der Waals surface area contributed by atoms with Gasteiger partial charge in [0.05, 0.1) is 17.6 Å². The summed E-state index contributed by atoms with van der Waals surface area (Å²) in [6, 6.07) is 6.82. The van der Waals surface area contributed by atoms with Crippen LogP contribution in [0.1, 0.15) is 31.3 Å². The van der Waals surface area contributed by atoms with Crippen molar-refractivity contribution in [3.05, 3.63) is 29.6 Å². The van der Waals surface area contributed by atoms with E-state index in [1.54, 1.807) is 0 Å². The highest BCUT2D eigenvalue weighted by molar-refractivity contribution is 5.77. The fourth-order valence-electron chi connectivity index (χ4n) is 2.41. The van der Waals surface area contributed by atoms with Crippen molar-refractivity contribution >= 4 is 11.0 Å². The predicted octanol–water partition coefficient (Wildman–Crippen LogP) is 2.18. The van der Waals surface area contributed by atoms with E-state index in [1.807, 2.05) is 0 Å². The summed E-state index contributed by atoms with van der Waals surface area (Å²) in [5.41, 5.74) is 9.44. The van der Waals surface area contributed by atoms with Crippen molar-refractivity contribution in [2.75, 3.05) is 20.6 Å². The number of hydrogen-bond donors (Lipinski definition) is 1. The zero-order chi connectivity index (χ0) is 14.0. The van der Waals surface area contributed by atoms with E-state index in [-0.39, 0.29) is 6.04 Å². The molecule has 0 bridgehead atoms. The van der Waals surface area contributed by atoms with Crippen LogP contribution < -0.4 is 5.73 Å². The summed E-state index contributed by atoms with van der Waals surface area (Å²) in [6.07, 6.45) is 1.04. The van der Waals surface area contributed by atoms with E-state index in [2.05, 4.69) is 55.6 Å². The molecule has 0 fully saturated rings. The molecule has 2 aromatic rings. The highest BCUT2D eigenvalue weighted by Crippen LogP contribution is 2.23. The fraction of sp³-hybridized carbons (Fsp3) is 0.533. The summed E-state index contributed by atoms with van der Waals surface area (Å²) in [5.74, 6) is 1.09. The smallest absolute Gasteiger partial charge is 0.124 e. The molecule has 1 aromatic heterocycles. The van der Waals surface area contributed by atoms with Gasteiger partial charge in [-0.15, -0.1) is 0 Å². The normalized spacial score (nSPS) is 13.4. The molecule has 1 atom stereocenters. The number of nitrogens with zero attached hydrogens (tertiary/aromatic N) is 3. The minimum atomic E-state index is 0.271. The highest BCUT2D eigenvalue weighted by Gasteiger charge is 2.15. The first-order chi connectivity index (χ1) is 9.06. The first-order valence-corrected chi connectivity index (χ1v) is 6.91. The second-order valence-electron chi connectivity index (χ2n) is 5.40. The number of rotatable bonds is 5. The van der Waals surface area contributed by atoms with Crippen LogP contribution in [0, 0.1) is 0 Å². The Morgan fingerprint density at radius 2 is 2.11 bits per heavy atom. The second kappa shape index (κ2) is 5.72. The van der Waals surface area contributed by atoms with Crippen molar-refractivity contribution in [3.8, 4) is 0 Å². The first kappa shape index (κ1) is 14.0. The minimum Gasteiger partial charge on any atom is -0.328 e. The molecule has 4 heteroatoms. The van der Waals surface area contributed by atoms with Gasteiger partial charge in [-0.05, 0) is 45.1 Å². The standard InChI is InChI=1S/C15H24N4/c1-5-12-6-7-14-13(8-12)17-15(10-18(3)4)19(14)11(2)9-16/h6-8,11H,5,9-10,16H2,1-4H3. The van der Waals surface area contributed by atoms with Crippen LogP contribution in [0.3, 0.4) is 0 Å². The van der Waals surface area contributed by atoms with Crippen molar-refractivity contribution in [3.63, 3.8) is 0 Å². The molecule has 2 rings (SSSR count). The average molecular weight is 260 g/mol. The van der Waals surface area contributed by atoms with Crippen molar-refractivity contribution in [1.29, 1.82) is 0 Å². The molecule has 0 aliphatic heterocycles. The van der Waals surface area contributed by atoms with Crippen molar-refractivity contribution in [2.24, 2.45) is 5.73 Å². The number of aryl methyl sites for hydroxylation is 1. The Bertz CT molecular complexity index is 557. The lowest BCUT2D eigenvalue weighted by Gasteiger charge is -2.17. The van der Waals surface area contributed by atoms with Crippen LogP contribution >= 0.6 is 0 Å². The first-order valence-electron chi connectivity index (χ1n) is 6.91. The molecule has 0 radical (unpaired) electrons. The average Bonchev–Trinajstić information content (AvgIpc) is 2.73. The van der Waals surface area contributed by atoms with Gasteiger partial charge in [0, 0.05) is 12.6 Å². The minimum absolute atomic E-state index is 0.271. The Morgan fingerprint density at radius 3 is 2.68 bits per heavy atom. The second-order valence-corrected chi connectivity index (χ2v) is 5.40. The Morgan fingerprint density at radius 1 is 1.37 bits per heavy atom. The molecule has 2 N–H and O–H groups in total. The summed E-state index contributed by atoms with van der Waals surface area (Å²) in [6.45, 7) is 5.78. The van der Waals surface area contributed by atoms with Crippen LogP contribution in [0.25, 0.3) is 11.0 Å². The van der Waals surface area contributed by atoms with E-state index in [0.29, 0.717) is 6.54 Å². The van der Waals surface area contributed by atoms with Gasteiger partial charge in [-0.25, -0.2) is 4.98 Å². The molecule has 0 saturated carbocycles. The molecule has 1 heterocycles.